The standard InChI is InChI=1S/C18H24ClF3N2O2/c1-5-9-24(10-6-2)16(26)17(3,4)15(25)23-14-8-7-12(19)11-13(14)18(20,21)22/h7-8,11H,5-6,9-10H2,1-4H3,(H,23,25). The largest absolute Gasteiger partial charge is 0.418 e. The summed E-state index contributed by atoms with van der Waals surface area (Å²) in [6.07, 6.45) is -3.24. The van der Waals surface area contributed by atoms with Crippen molar-refractivity contribution in [3.05, 3.63) is 28.8 Å². The monoisotopic (exact) mass is 392 g/mol. The van der Waals surface area contributed by atoms with Crippen molar-refractivity contribution in [2.45, 2.75) is 46.7 Å². The number of benzene rings is 1. The lowest BCUT2D eigenvalue weighted by Crippen LogP contribution is -2.48. The summed E-state index contributed by atoms with van der Waals surface area (Å²) in [4.78, 5) is 26.9. The smallest absolute Gasteiger partial charge is 0.342 e. The minimum atomic E-state index is -4.68. The number of carbonyl (C=O) groups excluding carboxylic acids is 2. The fourth-order valence-electron chi connectivity index (χ4n) is 2.49. The summed E-state index contributed by atoms with van der Waals surface area (Å²) in [7, 11) is 0. The van der Waals surface area contributed by atoms with Crippen LogP contribution in [-0.2, 0) is 15.8 Å². The molecule has 8 heteroatoms. The number of hydrogen-bond acceptors (Lipinski definition) is 2. The SMILES string of the molecule is CCCN(CCC)C(=O)C(C)(C)C(=O)Nc1ccc(Cl)cc1C(F)(F)F. The van der Waals surface area contributed by atoms with Crippen LogP contribution in [0.4, 0.5) is 18.9 Å². The van der Waals surface area contributed by atoms with Crippen LogP contribution in [0.5, 0.6) is 0 Å². The van der Waals surface area contributed by atoms with Crippen molar-refractivity contribution in [2.75, 3.05) is 18.4 Å². The predicted octanol–water partition coefficient (Wildman–Crippen LogP) is 4.97. The van der Waals surface area contributed by atoms with Gasteiger partial charge in [-0.3, -0.25) is 9.59 Å². The zero-order valence-corrected chi connectivity index (χ0v) is 16.1. The first-order valence-corrected chi connectivity index (χ1v) is 8.80. The average molecular weight is 393 g/mol. The van der Waals surface area contributed by atoms with Crippen LogP contribution in [0.25, 0.3) is 0 Å². The van der Waals surface area contributed by atoms with Gasteiger partial charge in [0.2, 0.25) is 11.8 Å². The van der Waals surface area contributed by atoms with Gasteiger partial charge in [0.15, 0.2) is 0 Å². The molecule has 0 saturated heterocycles. The fourth-order valence-corrected chi connectivity index (χ4v) is 2.66. The summed E-state index contributed by atoms with van der Waals surface area (Å²) in [5.74, 6) is -1.21. The van der Waals surface area contributed by atoms with Crippen LogP contribution < -0.4 is 5.32 Å². The van der Waals surface area contributed by atoms with Gasteiger partial charge in [-0.05, 0) is 44.9 Å². The number of nitrogens with zero attached hydrogens (tertiary/aromatic N) is 1. The zero-order valence-electron chi connectivity index (χ0n) is 15.3. The van der Waals surface area contributed by atoms with Crippen LogP contribution in [-0.4, -0.2) is 29.8 Å². The van der Waals surface area contributed by atoms with Gasteiger partial charge in [-0.1, -0.05) is 25.4 Å². The van der Waals surface area contributed by atoms with Gasteiger partial charge in [-0.25, -0.2) is 0 Å². The molecule has 1 N–H and O–H groups in total. The van der Waals surface area contributed by atoms with Gasteiger partial charge in [0.05, 0.1) is 11.3 Å². The molecule has 0 spiro atoms. The van der Waals surface area contributed by atoms with Crippen molar-refractivity contribution < 1.29 is 22.8 Å². The van der Waals surface area contributed by atoms with Gasteiger partial charge in [0.25, 0.3) is 0 Å². The molecule has 0 radical (unpaired) electrons. The van der Waals surface area contributed by atoms with E-state index in [-0.39, 0.29) is 5.02 Å². The van der Waals surface area contributed by atoms with Crippen LogP contribution in [0.3, 0.4) is 0 Å². The molecule has 1 aromatic carbocycles. The Bertz CT molecular complexity index is 654. The van der Waals surface area contributed by atoms with E-state index in [4.69, 9.17) is 11.6 Å². The lowest BCUT2D eigenvalue weighted by atomic mass is 9.89. The third-order valence-electron chi connectivity index (χ3n) is 3.91. The number of nitrogens with one attached hydrogen (secondary N) is 1. The molecule has 0 bridgehead atoms. The number of halogens is 4. The van der Waals surface area contributed by atoms with E-state index in [1.54, 1.807) is 4.90 Å². The summed E-state index contributed by atoms with van der Waals surface area (Å²) in [5, 5.41) is 2.14. The molecule has 2 amide bonds. The van der Waals surface area contributed by atoms with Crippen molar-refractivity contribution in [1.29, 1.82) is 0 Å². The third-order valence-corrected chi connectivity index (χ3v) is 4.15. The Morgan fingerprint density at radius 3 is 2.12 bits per heavy atom. The molecule has 0 fully saturated rings. The second-order valence-corrected chi connectivity index (χ2v) is 7.00. The van der Waals surface area contributed by atoms with E-state index in [2.05, 4.69) is 5.32 Å². The number of amides is 2. The fraction of sp³-hybridized carbons (Fsp3) is 0.556. The summed E-state index contributed by atoms with van der Waals surface area (Å²) in [5.41, 5.74) is -2.99. The molecule has 0 aromatic heterocycles. The molecule has 0 saturated carbocycles. The maximum atomic E-state index is 13.2. The van der Waals surface area contributed by atoms with Crippen LogP contribution in [0, 0.1) is 5.41 Å². The minimum Gasteiger partial charge on any atom is -0.342 e. The second-order valence-electron chi connectivity index (χ2n) is 6.56. The van der Waals surface area contributed by atoms with Crippen LogP contribution >= 0.6 is 11.6 Å². The van der Waals surface area contributed by atoms with Crippen molar-refractivity contribution in [2.24, 2.45) is 5.41 Å². The molecule has 4 nitrogen and oxygen atoms in total. The Morgan fingerprint density at radius 1 is 1.12 bits per heavy atom. The lowest BCUT2D eigenvalue weighted by Gasteiger charge is -2.31. The van der Waals surface area contributed by atoms with Crippen molar-refractivity contribution in [3.8, 4) is 0 Å². The third kappa shape index (κ3) is 5.37. The normalized spacial score (nSPS) is 12.0. The molecule has 0 aliphatic rings. The van der Waals surface area contributed by atoms with Gasteiger partial charge in [0.1, 0.15) is 5.41 Å². The Kier molecular flexibility index (Phi) is 7.50. The topological polar surface area (TPSA) is 49.4 Å². The number of rotatable bonds is 7. The molecule has 1 rings (SSSR count). The van der Waals surface area contributed by atoms with Crippen LogP contribution in [0.1, 0.15) is 46.1 Å². The lowest BCUT2D eigenvalue weighted by molar-refractivity contribution is -0.146. The Balaban J connectivity index is 3.11. The van der Waals surface area contributed by atoms with E-state index in [9.17, 15) is 22.8 Å². The maximum Gasteiger partial charge on any atom is 0.418 e. The summed E-state index contributed by atoms with van der Waals surface area (Å²) < 4.78 is 39.5. The first-order chi connectivity index (χ1) is 11.9. The van der Waals surface area contributed by atoms with Crippen molar-refractivity contribution in [1.82, 2.24) is 4.90 Å². The summed E-state index contributed by atoms with van der Waals surface area (Å²) in [6, 6.07) is 3.08. The summed E-state index contributed by atoms with van der Waals surface area (Å²) >= 11 is 5.64. The Labute approximate surface area is 156 Å². The van der Waals surface area contributed by atoms with E-state index in [1.807, 2.05) is 13.8 Å². The minimum absolute atomic E-state index is 0.0947. The highest BCUT2D eigenvalue weighted by molar-refractivity contribution is 6.30. The van der Waals surface area contributed by atoms with E-state index in [0.717, 1.165) is 25.0 Å². The van der Waals surface area contributed by atoms with Gasteiger partial charge in [-0.2, -0.15) is 13.2 Å². The zero-order chi connectivity index (χ0) is 20.1. The van der Waals surface area contributed by atoms with Gasteiger partial charge >= 0.3 is 6.18 Å². The average Bonchev–Trinajstić information content (AvgIpc) is 2.54. The Morgan fingerprint density at radius 2 is 1.65 bits per heavy atom. The van der Waals surface area contributed by atoms with Crippen LogP contribution in [0.2, 0.25) is 5.02 Å². The summed E-state index contributed by atoms with van der Waals surface area (Å²) in [6.45, 7) is 7.60. The molecule has 146 valence electrons. The first kappa shape index (κ1) is 22.3. The van der Waals surface area contributed by atoms with Gasteiger partial charge in [-0.15, -0.1) is 0 Å². The number of hydrogen-bond donors (Lipinski definition) is 1. The molecule has 0 heterocycles. The number of carbonyl (C=O) groups is 2. The maximum absolute atomic E-state index is 13.2. The molecular formula is C18H24ClF3N2O2. The van der Waals surface area contributed by atoms with E-state index >= 15 is 0 Å². The molecule has 26 heavy (non-hydrogen) atoms. The van der Waals surface area contributed by atoms with E-state index in [0.29, 0.717) is 13.1 Å². The molecule has 0 aliphatic carbocycles. The second kappa shape index (κ2) is 8.75. The number of alkyl halides is 3. The molecule has 0 unspecified atom stereocenters. The highest BCUT2D eigenvalue weighted by Crippen LogP contribution is 2.37. The quantitative estimate of drug-likeness (QED) is 0.666. The number of anilines is 1. The first-order valence-electron chi connectivity index (χ1n) is 8.42. The Hall–Kier alpha value is -1.76. The van der Waals surface area contributed by atoms with Gasteiger partial charge in [0, 0.05) is 18.1 Å². The van der Waals surface area contributed by atoms with E-state index < -0.39 is 34.7 Å². The predicted molar refractivity (Wildman–Crippen MR) is 96.0 cm³/mol. The van der Waals surface area contributed by atoms with Crippen LogP contribution in [0.15, 0.2) is 18.2 Å². The van der Waals surface area contributed by atoms with Gasteiger partial charge < -0.3 is 10.2 Å². The van der Waals surface area contributed by atoms with E-state index in [1.165, 1.54) is 19.9 Å². The molecule has 1 aromatic rings. The molecular weight excluding hydrogens is 369 g/mol. The highest BCUT2D eigenvalue weighted by atomic mass is 35.5. The molecule has 0 aliphatic heterocycles. The van der Waals surface area contributed by atoms with Crippen molar-refractivity contribution in [3.63, 3.8) is 0 Å². The highest BCUT2D eigenvalue weighted by Gasteiger charge is 2.40. The van der Waals surface area contributed by atoms with Crippen molar-refractivity contribution >= 4 is 29.1 Å². The molecule has 0 atom stereocenters.